The van der Waals surface area contributed by atoms with E-state index in [1.165, 1.54) is 13.3 Å². The minimum atomic E-state index is -0.512. The van der Waals surface area contributed by atoms with Crippen LogP contribution in [0, 0.1) is 11.8 Å². The molecule has 1 aromatic rings. The molecule has 0 saturated carbocycles. The Morgan fingerprint density at radius 3 is 3.07 bits per heavy atom. The number of rotatable bonds is 1. The zero-order valence-electron chi connectivity index (χ0n) is 8.08. The van der Waals surface area contributed by atoms with Gasteiger partial charge in [0.05, 0.1) is 12.4 Å². The molecule has 15 heavy (non-hydrogen) atoms. The van der Waals surface area contributed by atoms with E-state index in [4.69, 9.17) is 5.73 Å². The number of nitrogens with zero attached hydrogens (tertiary/aromatic N) is 1. The molecule has 0 aliphatic rings. The van der Waals surface area contributed by atoms with Gasteiger partial charge in [-0.25, -0.2) is 9.78 Å². The van der Waals surface area contributed by atoms with Crippen LogP contribution < -0.4 is 5.73 Å². The molecule has 0 saturated heterocycles. The van der Waals surface area contributed by atoms with Gasteiger partial charge in [-0.05, 0) is 6.07 Å². The lowest BCUT2D eigenvalue weighted by molar-refractivity contribution is 0.0601. The Morgan fingerprint density at radius 2 is 2.47 bits per heavy atom. The molecule has 0 aromatic carbocycles. The summed E-state index contributed by atoms with van der Waals surface area (Å²) in [6.45, 7) is 0. The highest BCUT2D eigenvalue weighted by Gasteiger charge is 2.10. The standard InChI is InChI=1S/C10H9BrN2O2/c1-15-10(14)8-5-7(3-2-4-11)6-13-9(8)12/h5-6H,4H2,1H3,(H2,12,13). The Bertz CT molecular complexity index is 435. The number of carbonyl (C=O) groups excluding carboxylic acids is 1. The van der Waals surface area contributed by atoms with Gasteiger partial charge in [-0.2, -0.15) is 0 Å². The van der Waals surface area contributed by atoms with Gasteiger partial charge in [0.25, 0.3) is 0 Å². The van der Waals surface area contributed by atoms with Gasteiger partial charge in [0, 0.05) is 11.8 Å². The average molecular weight is 269 g/mol. The lowest BCUT2D eigenvalue weighted by Gasteiger charge is -2.02. The maximum absolute atomic E-state index is 11.3. The van der Waals surface area contributed by atoms with Crippen molar-refractivity contribution in [3.63, 3.8) is 0 Å². The number of aromatic nitrogens is 1. The third-order valence-electron chi connectivity index (χ3n) is 1.62. The Hall–Kier alpha value is -1.54. The number of hydrogen-bond donors (Lipinski definition) is 1. The molecule has 4 nitrogen and oxygen atoms in total. The summed E-state index contributed by atoms with van der Waals surface area (Å²) in [5, 5.41) is 0.560. The number of hydrogen-bond acceptors (Lipinski definition) is 4. The molecule has 0 radical (unpaired) electrons. The van der Waals surface area contributed by atoms with E-state index < -0.39 is 5.97 Å². The molecule has 2 N–H and O–H groups in total. The quantitative estimate of drug-likeness (QED) is 0.472. The number of methoxy groups -OCH3 is 1. The monoisotopic (exact) mass is 268 g/mol. The molecule has 0 unspecified atom stereocenters. The van der Waals surface area contributed by atoms with E-state index in [0.717, 1.165) is 0 Å². The van der Waals surface area contributed by atoms with Gasteiger partial charge in [-0.15, -0.1) is 0 Å². The second-order valence-corrected chi connectivity index (χ2v) is 3.14. The Balaban J connectivity index is 3.10. The summed E-state index contributed by atoms with van der Waals surface area (Å²) in [6.07, 6.45) is 1.51. The van der Waals surface area contributed by atoms with Crippen molar-refractivity contribution in [1.82, 2.24) is 4.98 Å². The lowest BCUT2D eigenvalue weighted by atomic mass is 10.2. The Morgan fingerprint density at radius 1 is 1.73 bits per heavy atom. The first-order chi connectivity index (χ1) is 7.19. The normalized spacial score (nSPS) is 8.93. The van der Waals surface area contributed by atoms with E-state index in [9.17, 15) is 4.79 Å². The first kappa shape index (κ1) is 11.5. The molecule has 1 rings (SSSR count). The minimum absolute atomic E-state index is 0.145. The summed E-state index contributed by atoms with van der Waals surface area (Å²) in [5.74, 6) is 5.25. The van der Waals surface area contributed by atoms with Crippen molar-refractivity contribution in [2.24, 2.45) is 0 Å². The van der Waals surface area contributed by atoms with Gasteiger partial charge in [-0.3, -0.25) is 0 Å². The molecule has 0 amide bonds. The summed E-state index contributed by atoms with van der Waals surface area (Å²) in [6, 6.07) is 1.56. The summed E-state index contributed by atoms with van der Waals surface area (Å²) in [5.41, 5.74) is 6.39. The molecular formula is C10H9BrN2O2. The Kier molecular flexibility index (Phi) is 4.13. The van der Waals surface area contributed by atoms with Crippen molar-refractivity contribution in [2.75, 3.05) is 18.2 Å². The number of nitrogen functional groups attached to an aromatic ring is 1. The number of esters is 1. The number of ether oxygens (including phenoxy) is 1. The molecule has 0 fully saturated rings. The van der Waals surface area contributed by atoms with E-state index >= 15 is 0 Å². The number of alkyl halides is 1. The van der Waals surface area contributed by atoms with Crippen molar-refractivity contribution in [3.05, 3.63) is 23.4 Å². The fourth-order valence-electron chi connectivity index (χ4n) is 0.953. The molecule has 1 aromatic heterocycles. The van der Waals surface area contributed by atoms with Crippen LogP contribution in [0.2, 0.25) is 0 Å². The van der Waals surface area contributed by atoms with Crippen molar-refractivity contribution in [1.29, 1.82) is 0 Å². The highest BCUT2D eigenvalue weighted by atomic mass is 79.9. The highest BCUT2D eigenvalue weighted by Crippen LogP contribution is 2.11. The fourth-order valence-corrected chi connectivity index (χ4v) is 1.09. The van der Waals surface area contributed by atoms with Gasteiger partial charge >= 0.3 is 5.97 Å². The molecule has 78 valence electrons. The summed E-state index contributed by atoms with van der Waals surface area (Å²) in [7, 11) is 1.29. The zero-order valence-corrected chi connectivity index (χ0v) is 9.67. The van der Waals surface area contributed by atoms with Crippen LogP contribution in [0.15, 0.2) is 12.3 Å². The Labute approximate surface area is 96.0 Å². The van der Waals surface area contributed by atoms with Crippen LogP contribution in [0.4, 0.5) is 5.82 Å². The number of halogens is 1. The van der Waals surface area contributed by atoms with Gasteiger partial charge < -0.3 is 10.5 Å². The van der Waals surface area contributed by atoms with Gasteiger partial charge in [0.2, 0.25) is 0 Å². The second-order valence-electron chi connectivity index (χ2n) is 2.58. The number of pyridine rings is 1. The van der Waals surface area contributed by atoms with Gasteiger partial charge in [0.15, 0.2) is 0 Å². The topological polar surface area (TPSA) is 65.2 Å². The molecular weight excluding hydrogens is 260 g/mol. The molecule has 0 spiro atoms. The highest BCUT2D eigenvalue weighted by molar-refractivity contribution is 9.09. The van der Waals surface area contributed by atoms with E-state index in [1.807, 2.05) is 0 Å². The molecule has 0 atom stereocenters. The largest absolute Gasteiger partial charge is 0.465 e. The smallest absolute Gasteiger partial charge is 0.341 e. The van der Waals surface area contributed by atoms with Crippen molar-refractivity contribution < 1.29 is 9.53 Å². The van der Waals surface area contributed by atoms with Crippen LogP contribution in [0.25, 0.3) is 0 Å². The summed E-state index contributed by atoms with van der Waals surface area (Å²) < 4.78 is 4.56. The van der Waals surface area contributed by atoms with Gasteiger partial charge in [0.1, 0.15) is 11.4 Å². The number of nitrogens with two attached hydrogens (primary N) is 1. The first-order valence-electron chi connectivity index (χ1n) is 4.07. The molecule has 1 heterocycles. The molecule has 0 aliphatic carbocycles. The van der Waals surface area contributed by atoms with Gasteiger partial charge in [-0.1, -0.05) is 27.8 Å². The summed E-state index contributed by atoms with van der Waals surface area (Å²) in [4.78, 5) is 15.1. The fraction of sp³-hybridized carbons (Fsp3) is 0.200. The molecule has 5 heteroatoms. The number of anilines is 1. The van der Waals surface area contributed by atoms with Crippen molar-refractivity contribution >= 4 is 27.7 Å². The zero-order chi connectivity index (χ0) is 11.3. The van der Waals surface area contributed by atoms with Crippen LogP contribution in [-0.2, 0) is 4.74 Å². The van der Waals surface area contributed by atoms with Crippen LogP contribution in [0.5, 0.6) is 0 Å². The maximum atomic E-state index is 11.3. The van der Waals surface area contributed by atoms with E-state index in [-0.39, 0.29) is 11.4 Å². The second kappa shape index (κ2) is 5.37. The maximum Gasteiger partial charge on any atom is 0.341 e. The SMILES string of the molecule is COC(=O)c1cc(C#CCBr)cnc1N. The van der Waals surface area contributed by atoms with Crippen LogP contribution >= 0.6 is 15.9 Å². The van der Waals surface area contributed by atoms with E-state index in [1.54, 1.807) is 6.07 Å². The third kappa shape index (κ3) is 2.96. The van der Waals surface area contributed by atoms with Crippen LogP contribution in [0.3, 0.4) is 0 Å². The van der Waals surface area contributed by atoms with Crippen LogP contribution in [0.1, 0.15) is 15.9 Å². The minimum Gasteiger partial charge on any atom is -0.465 e. The van der Waals surface area contributed by atoms with Crippen molar-refractivity contribution in [2.45, 2.75) is 0 Å². The van der Waals surface area contributed by atoms with E-state index in [0.29, 0.717) is 10.9 Å². The van der Waals surface area contributed by atoms with Crippen molar-refractivity contribution in [3.8, 4) is 11.8 Å². The lowest BCUT2D eigenvalue weighted by Crippen LogP contribution is -2.07. The molecule has 0 bridgehead atoms. The number of carbonyl (C=O) groups is 1. The van der Waals surface area contributed by atoms with E-state index in [2.05, 4.69) is 37.5 Å². The third-order valence-corrected chi connectivity index (χ3v) is 1.90. The average Bonchev–Trinajstić information content (AvgIpc) is 2.27. The predicted molar refractivity (Wildman–Crippen MR) is 60.7 cm³/mol. The first-order valence-corrected chi connectivity index (χ1v) is 5.20. The van der Waals surface area contributed by atoms with Crippen LogP contribution in [-0.4, -0.2) is 23.4 Å². The summed E-state index contributed by atoms with van der Waals surface area (Å²) >= 11 is 3.17. The molecule has 0 aliphatic heterocycles. The predicted octanol–water partition coefficient (Wildman–Crippen LogP) is 1.20.